The van der Waals surface area contributed by atoms with Gasteiger partial charge in [-0.15, -0.1) is 0 Å². The van der Waals surface area contributed by atoms with E-state index in [1.165, 1.54) is 16.4 Å². The van der Waals surface area contributed by atoms with E-state index >= 15 is 0 Å². The maximum Gasteiger partial charge on any atom is 0.458 e. The molecule has 4 aromatic rings. The van der Waals surface area contributed by atoms with E-state index in [4.69, 9.17) is 24.2 Å². The molecule has 1 aliphatic heterocycles. The van der Waals surface area contributed by atoms with Crippen molar-refractivity contribution < 1.29 is 36.1 Å². The first-order chi connectivity index (χ1) is 24.1. The van der Waals surface area contributed by atoms with Gasteiger partial charge in [0.2, 0.25) is 10.0 Å². The number of hydrogen-bond acceptors (Lipinski definition) is 7. The number of rotatable bonds is 15. The second kappa shape index (κ2) is 14.4. The smallest absolute Gasteiger partial charge is 0.458 e. The Balaban J connectivity index is 1.40. The topological polar surface area (TPSA) is 121 Å². The number of primary amides is 1. The number of carbonyl (C=O) groups is 1. The highest BCUT2D eigenvalue weighted by atomic mass is 32.2. The first-order valence-corrected chi connectivity index (χ1v) is 19.2. The summed E-state index contributed by atoms with van der Waals surface area (Å²) < 4.78 is 69.2. The molecular formula is C39H48BFN2O7S. The van der Waals surface area contributed by atoms with Crippen molar-refractivity contribution >= 4 is 39.7 Å². The van der Waals surface area contributed by atoms with E-state index in [1.54, 1.807) is 32.0 Å². The van der Waals surface area contributed by atoms with E-state index < -0.39 is 39.5 Å². The van der Waals surface area contributed by atoms with Crippen molar-refractivity contribution in [2.75, 3.05) is 17.5 Å². The van der Waals surface area contributed by atoms with E-state index in [0.29, 0.717) is 35.3 Å². The molecule has 1 saturated carbocycles. The number of nitrogens with two attached hydrogens (primary N) is 1. The van der Waals surface area contributed by atoms with E-state index in [-0.39, 0.29) is 42.8 Å². The SMILES string of the molecule is CC(C)S(=O)(=O)N(CC(COCc1ccccc1)CB1OC(C)(C)C(C)(C)O1)c1cc2oc(Cc3ccc(F)cc3)c(C(N)=O)c2cc1C1CC1. The van der Waals surface area contributed by atoms with Gasteiger partial charge in [0.1, 0.15) is 17.2 Å². The molecule has 9 nitrogen and oxygen atoms in total. The van der Waals surface area contributed by atoms with Crippen LogP contribution in [-0.2, 0) is 37.1 Å². The maximum absolute atomic E-state index is 14.4. The monoisotopic (exact) mass is 718 g/mol. The lowest BCUT2D eigenvalue weighted by Crippen LogP contribution is -2.42. The highest BCUT2D eigenvalue weighted by molar-refractivity contribution is 7.93. The molecule has 1 unspecified atom stereocenters. The third kappa shape index (κ3) is 8.04. The van der Waals surface area contributed by atoms with E-state index in [9.17, 15) is 17.6 Å². The van der Waals surface area contributed by atoms with E-state index in [2.05, 4.69) is 0 Å². The Labute approximate surface area is 300 Å². The van der Waals surface area contributed by atoms with Gasteiger partial charge in [0.05, 0.1) is 40.9 Å². The molecule has 0 radical (unpaired) electrons. The van der Waals surface area contributed by atoms with Crippen LogP contribution in [0.1, 0.15) is 93.1 Å². The molecule has 1 aromatic heterocycles. The Morgan fingerprint density at radius 2 is 1.65 bits per heavy atom. The number of hydrogen-bond donors (Lipinski definition) is 1. The number of carbonyl (C=O) groups excluding carboxylic acids is 1. The van der Waals surface area contributed by atoms with E-state index in [1.807, 2.05) is 64.1 Å². The summed E-state index contributed by atoms with van der Waals surface area (Å²) in [6, 6.07) is 19.4. The van der Waals surface area contributed by atoms with Crippen LogP contribution in [0.25, 0.3) is 11.0 Å². The van der Waals surface area contributed by atoms with E-state index in [0.717, 1.165) is 29.5 Å². The van der Waals surface area contributed by atoms with Gasteiger partial charge in [-0.05, 0) is 107 Å². The first-order valence-electron chi connectivity index (χ1n) is 17.7. The Hall–Kier alpha value is -3.71. The fourth-order valence-corrected chi connectivity index (χ4v) is 7.95. The Morgan fingerprint density at radius 1 is 1.00 bits per heavy atom. The van der Waals surface area contributed by atoms with Crippen LogP contribution >= 0.6 is 0 Å². The average Bonchev–Trinajstić information content (AvgIpc) is 3.80. The predicted octanol–water partition coefficient (Wildman–Crippen LogP) is 7.61. The maximum atomic E-state index is 14.4. The zero-order chi connectivity index (χ0) is 36.7. The predicted molar refractivity (Wildman–Crippen MR) is 198 cm³/mol. The van der Waals surface area contributed by atoms with Crippen LogP contribution < -0.4 is 10.0 Å². The second-order valence-electron chi connectivity index (χ2n) is 15.2. The van der Waals surface area contributed by atoms with Crippen LogP contribution in [0.5, 0.6) is 0 Å². The summed E-state index contributed by atoms with van der Waals surface area (Å²) in [5.74, 6) is -0.877. The zero-order valence-corrected chi connectivity index (χ0v) is 31.1. The zero-order valence-electron chi connectivity index (χ0n) is 30.3. The Kier molecular flexibility index (Phi) is 10.4. The summed E-state index contributed by atoms with van der Waals surface area (Å²) in [5, 5.41) is -0.193. The molecule has 3 aromatic carbocycles. The number of nitrogens with zero attached hydrogens (tertiary/aromatic N) is 1. The number of benzene rings is 3. The first kappa shape index (κ1) is 37.1. The molecule has 2 N–H and O–H groups in total. The van der Waals surface area contributed by atoms with Crippen molar-refractivity contribution in [2.24, 2.45) is 11.7 Å². The van der Waals surface area contributed by atoms with Crippen molar-refractivity contribution in [2.45, 2.75) is 96.1 Å². The standard InChI is InChI=1S/C39H48BFN2O7S/c1-25(2)51(45,46)43(22-28(24-47-23-27-10-8-7-9-11-27)21-40-49-38(3,4)39(5,6)50-40)33-20-34-32(19-31(33)29-14-15-29)36(37(42)44)35(48-34)18-26-12-16-30(41)17-13-26/h7-13,16-17,19-20,25,28-29H,14-15,18,21-24H2,1-6H3,(H2,42,44). The normalized spacial score (nSPS) is 17.7. The van der Waals surface area contributed by atoms with Gasteiger partial charge in [-0.2, -0.15) is 0 Å². The second-order valence-corrected chi connectivity index (χ2v) is 17.6. The molecule has 51 heavy (non-hydrogen) atoms. The van der Waals surface area contributed by atoms with Crippen LogP contribution in [-0.4, -0.2) is 51.0 Å². The number of fused-ring (bicyclic) bond motifs is 1. The molecule has 1 amide bonds. The quantitative estimate of drug-likeness (QED) is 0.126. The minimum absolute atomic E-state index is 0.108. The number of sulfonamides is 1. The molecule has 1 saturated heterocycles. The summed E-state index contributed by atoms with van der Waals surface area (Å²) in [6.07, 6.45) is 2.39. The molecule has 12 heteroatoms. The number of amides is 1. The molecule has 1 aliphatic carbocycles. The molecule has 272 valence electrons. The number of anilines is 1. The molecular weight excluding hydrogens is 670 g/mol. The van der Waals surface area contributed by atoms with Gasteiger partial charge < -0.3 is 24.2 Å². The minimum Gasteiger partial charge on any atom is -0.460 e. The van der Waals surface area contributed by atoms with Crippen LogP contribution in [0.3, 0.4) is 0 Å². The summed E-state index contributed by atoms with van der Waals surface area (Å²) >= 11 is 0. The number of halogens is 1. The van der Waals surface area contributed by atoms with Crippen molar-refractivity contribution in [1.29, 1.82) is 0 Å². The molecule has 6 rings (SSSR count). The summed E-state index contributed by atoms with van der Waals surface area (Å²) in [7, 11) is -4.45. The van der Waals surface area contributed by atoms with Crippen LogP contribution in [0, 0.1) is 11.7 Å². The highest BCUT2D eigenvalue weighted by Crippen LogP contribution is 2.48. The molecule has 0 bridgehead atoms. The number of furan rings is 1. The van der Waals surface area contributed by atoms with Gasteiger partial charge in [-0.1, -0.05) is 42.5 Å². The molecule has 2 fully saturated rings. The molecule has 0 spiro atoms. The fraction of sp³-hybridized carbons (Fsp3) is 0.462. The minimum atomic E-state index is -3.89. The van der Waals surface area contributed by atoms with Gasteiger partial charge in [0, 0.05) is 24.4 Å². The lowest BCUT2D eigenvalue weighted by molar-refractivity contribution is 0.00578. The van der Waals surface area contributed by atoms with Gasteiger partial charge >= 0.3 is 7.12 Å². The van der Waals surface area contributed by atoms with Gasteiger partial charge in [-0.25, -0.2) is 12.8 Å². The largest absolute Gasteiger partial charge is 0.460 e. The third-order valence-corrected chi connectivity index (χ3v) is 12.5. The van der Waals surface area contributed by atoms with Crippen molar-refractivity contribution in [3.8, 4) is 0 Å². The average molecular weight is 719 g/mol. The molecule has 1 atom stereocenters. The lowest BCUT2D eigenvalue weighted by Gasteiger charge is -2.32. The van der Waals surface area contributed by atoms with Gasteiger partial charge in [-0.3, -0.25) is 9.10 Å². The number of ether oxygens (including phenoxy) is 1. The van der Waals surface area contributed by atoms with Crippen LogP contribution in [0.4, 0.5) is 10.1 Å². The molecule has 2 heterocycles. The van der Waals surface area contributed by atoms with Crippen molar-refractivity contribution in [3.05, 3.63) is 101 Å². The van der Waals surface area contributed by atoms with Crippen LogP contribution in [0.2, 0.25) is 6.32 Å². The fourth-order valence-electron chi connectivity index (χ4n) is 6.59. The molecule has 2 aliphatic rings. The van der Waals surface area contributed by atoms with Crippen molar-refractivity contribution in [1.82, 2.24) is 0 Å². The Morgan fingerprint density at radius 3 is 2.24 bits per heavy atom. The summed E-state index contributed by atoms with van der Waals surface area (Å²) in [4.78, 5) is 12.9. The third-order valence-electron chi connectivity index (χ3n) is 10.3. The summed E-state index contributed by atoms with van der Waals surface area (Å²) in [6.45, 7) is 12.1. The van der Waals surface area contributed by atoms with Crippen molar-refractivity contribution in [3.63, 3.8) is 0 Å². The Bertz CT molecular complexity index is 1960. The van der Waals surface area contributed by atoms with Gasteiger partial charge in [0.25, 0.3) is 5.91 Å². The summed E-state index contributed by atoms with van der Waals surface area (Å²) in [5.41, 5.74) is 8.50. The highest BCUT2D eigenvalue weighted by Gasteiger charge is 2.51. The van der Waals surface area contributed by atoms with Gasteiger partial charge in [0.15, 0.2) is 0 Å². The van der Waals surface area contributed by atoms with Crippen LogP contribution in [0.15, 0.2) is 71.1 Å². The lowest BCUT2D eigenvalue weighted by atomic mass is 9.77.